The third-order valence-corrected chi connectivity index (χ3v) is 10.7. The van der Waals surface area contributed by atoms with Gasteiger partial charge in [-0.2, -0.15) is 0 Å². The smallest absolute Gasteiger partial charge is 0.304 e. The number of carbonyl (C=O) groups excluding carboxylic acids is 2. The first-order chi connectivity index (χ1) is 27.4. The predicted octanol–water partition coefficient (Wildman–Crippen LogP) is 10.1. The van der Waals surface area contributed by atoms with Crippen molar-refractivity contribution in [1.29, 1.82) is 0 Å². The van der Waals surface area contributed by atoms with E-state index in [1.165, 1.54) is 22.7 Å². The molecule has 0 unspecified atom stereocenters. The van der Waals surface area contributed by atoms with Crippen molar-refractivity contribution in [3.8, 4) is 28.3 Å². The number of carboxylic acid groups (broad SMARTS) is 2. The van der Waals surface area contributed by atoms with Crippen LogP contribution >= 0.6 is 57.5 Å². The van der Waals surface area contributed by atoms with Crippen LogP contribution in [0.5, 0.6) is 5.75 Å². The summed E-state index contributed by atoms with van der Waals surface area (Å²) >= 11 is 20.9. The van der Waals surface area contributed by atoms with Crippen LogP contribution in [0.2, 0.25) is 15.1 Å². The lowest BCUT2D eigenvalue weighted by atomic mass is 9.95. The fourth-order valence-corrected chi connectivity index (χ4v) is 8.12. The number of halogens is 3. The maximum absolute atomic E-state index is 12.7. The largest absolute Gasteiger partial charge is 0.496 e. The average Bonchev–Trinajstić information content (AvgIpc) is 3.84. The molecule has 6 aromatic rings. The highest BCUT2D eigenvalue weighted by atomic mass is 35.5. The zero-order chi connectivity index (χ0) is 40.9. The number of aliphatic carboxylic acids is 2. The number of para-hydroxylation sites is 1. The zero-order valence-electron chi connectivity index (χ0n) is 30.2. The predicted molar refractivity (Wildman–Crippen MR) is 226 cm³/mol. The molecule has 0 aliphatic carbocycles. The van der Waals surface area contributed by atoms with Crippen molar-refractivity contribution in [2.45, 2.75) is 25.7 Å². The number of thiazole rings is 2. The fourth-order valence-electron chi connectivity index (χ4n) is 5.69. The molecule has 4 aromatic carbocycles. The number of hydrogen-bond donors (Lipinski definition) is 4. The van der Waals surface area contributed by atoms with E-state index in [0.29, 0.717) is 60.9 Å². The standard InChI is InChI=1S/C21H20N2O4S.C20H15Cl3N2O3S/c1-27-18-10-6-5-9-16(18)17-13-28-21(22-17)23-20(26)15(12-19(24)25)11-14-7-3-2-4-8-14;21-13-8-14(22)18(15(23)9-13)16-10-29-20(24-16)25-19(28)12(7-17(26)27)6-11-4-2-1-3-5-11/h2-10,13,15H,11-12H2,1H3,(H,24,25)(H,22,23,26);1-5,8-10,12H,6-7H2,(H,26,27)(H,24,25,28)/t15-;12-/m11/s1. The van der Waals surface area contributed by atoms with Gasteiger partial charge in [0.2, 0.25) is 11.8 Å². The molecule has 11 nitrogen and oxygen atoms in total. The monoisotopic (exact) mass is 864 g/mol. The molecule has 6 rings (SSSR count). The van der Waals surface area contributed by atoms with E-state index in [0.717, 1.165) is 16.7 Å². The van der Waals surface area contributed by atoms with E-state index in [9.17, 15) is 29.4 Å². The second-order valence-electron chi connectivity index (χ2n) is 12.5. The van der Waals surface area contributed by atoms with Crippen molar-refractivity contribution < 1.29 is 34.1 Å². The molecule has 16 heteroatoms. The van der Waals surface area contributed by atoms with Gasteiger partial charge in [-0.1, -0.05) is 108 Å². The van der Waals surface area contributed by atoms with E-state index < -0.39 is 29.7 Å². The number of amides is 2. The molecule has 2 amide bonds. The van der Waals surface area contributed by atoms with Gasteiger partial charge in [-0.15, -0.1) is 22.7 Å². The van der Waals surface area contributed by atoms with Gasteiger partial charge in [0, 0.05) is 26.9 Å². The molecule has 294 valence electrons. The summed E-state index contributed by atoms with van der Waals surface area (Å²) in [7, 11) is 1.59. The number of ether oxygens (including phenoxy) is 1. The van der Waals surface area contributed by atoms with Gasteiger partial charge in [0.05, 0.1) is 53.2 Å². The second-order valence-corrected chi connectivity index (χ2v) is 15.4. The molecule has 4 N–H and O–H groups in total. The fraction of sp³-hybridized carbons (Fsp3) is 0.171. The summed E-state index contributed by atoms with van der Waals surface area (Å²) in [4.78, 5) is 56.6. The first-order valence-electron chi connectivity index (χ1n) is 17.2. The average molecular weight is 866 g/mol. The van der Waals surface area contributed by atoms with Gasteiger partial charge in [0.15, 0.2) is 10.3 Å². The number of hydrogen-bond acceptors (Lipinski definition) is 9. The highest BCUT2D eigenvalue weighted by Gasteiger charge is 2.25. The third-order valence-electron chi connectivity index (χ3n) is 8.35. The molecule has 2 heterocycles. The van der Waals surface area contributed by atoms with Crippen LogP contribution in [0.1, 0.15) is 24.0 Å². The van der Waals surface area contributed by atoms with Crippen LogP contribution in [-0.2, 0) is 32.0 Å². The molecule has 0 aliphatic rings. The zero-order valence-corrected chi connectivity index (χ0v) is 34.1. The van der Waals surface area contributed by atoms with Gasteiger partial charge >= 0.3 is 11.9 Å². The Kier molecular flexibility index (Phi) is 15.6. The minimum Gasteiger partial charge on any atom is -0.496 e. The van der Waals surface area contributed by atoms with Crippen LogP contribution in [-0.4, -0.2) is 51.0 Å². The molecule has 0 aliphatic heterocycles. The summed E-state index contributed by atoms with van der Waals surface area (Å²) in [6.07, 6.45) is 0.134. The molecule has 57 heavy (non-hydrogen) atoms. The van der Waals surface area contributed by atoms with Crippen LogP contribution in [0.4, 0.5) is 10.3 Å². The number of rotatable bonds is 15. The van der Waals surface area contributed by atoms with E-state index in [4.69, 9.17) is 39.5 Å². The van der Waals surface area contributed by atoms with Gasteiger partial charge < -0.3 is 25.6 Å². The Balaban J connectivity index is 0.000000218. The number of carbonyl (C=O) groups is 4. The van der Waals surface area contributed by atoms with E-state index in [-0.39, 0.29) is 18.7 Å². The van der Waals surface area contributed by atoms with Gasteiger partial charge in [-0.05, 0) is 48.2 Å². The van der Waals surface area contributed by atoms with E-state index in [2.05, 4.69) is 20.6 Å². The van der Waals surface area contributed by atoms with Crippen molar-refractivity contribution >= 4 is 91.5 Å². The molecule has 0 bridgehead atoms. The first-order valence-corrected chi connectivity index (χ1v) is 20.1. The summed E-state index contributed by atoms with van der Waals surface area (Å²) in [6, 6.07) is 29.2. The molecular formula is C41H35Cl3N4O7S2. The SMILES string of the molecule is COc1ccccc1-c1csc(NC(=O)[C@@H](CC(=O)O)Cc2ccccc2)n1.O=C(O)C[C@@H](Cc1ccccc1)C(=O)Nc1nc(-c2c(Cl)cc(Cl)cc2Cl)cs1. The molecule has 2 aromatic heterocycles. The highest BCUT2D eigenvalue weighted by Crippen LogP contribution is 2.38. The minimum atomic E-state index is -1.04. The van der Waals surface area contributed by atoms with Gasteiger partial charge in [-0.25, -0.2) is 9.97 Å². The summed E-state index contributed by atoms with van der Waals surface area (Å²) in [5.74, 6) is -3.54. The van der Waals surface area contributed by atoms with Crippen LogP contribution in [0.15, 0.2) is 108 Å². The Morgan fingerprint density at radius 2 is 1.11 bits per heavy atom. The summed E-state index contributed by atoms with van der Waals surface area (Å²) in [5, 5.41) is 29.2. The van der Waals surface area contributed by atoms with E-state index in [1.54, 1.807) is 24.6 Å². The minimum absolute atomic E-state index is 0.245. The van der Waals surface area contributed by atoms with Gasteiger partial charge in [0.25, 0.3) is 0 Å². The van der Waals surface area contributed by atoms with E-state index >= 15 is 0 Å². The Labute approximate surface area is 351 Å². The van der Waals surface area contributed by atoms with Gasteiger partial charge in [-0.3, -0.25) is 19.2 Å². The van der Waals surface area contributed by atoms with Crippen molar-refractivity contribution in [2.75, 3.05) is 17.7 Å². The lowest BCUT2D eigenvalue weighted by Gasteiger charge is -2.14. The number of carboxylic acids is 2. The summed E-state index contributed by atoms with van der Waals surface area (Å²) < 4.78 is 5.35. The number of methoxy groups -OCH3 is 1. The third kappa shape index (κ3) is 12.6. The van der Waals surface area contributed by atoms with Crippen LogP contribution in [0.3, 0.4) is 0 Å². The summed E-state index contributed by atoms with van der Waals surface area (Å²) in [5.41, 5.74) is 4.32. The Morgan fingerprint density at radius 1 is 0.667 bits per heavy atom. The topological polar surface area (TPSA) is 168 Å². The number of nitrogens with one attached hydrogen (secondary N) is 2. The molecule has 0 spiro atoms. The van der Waals surface area contributed by atoms with Gasteiger partial charge in [0.1, 0.15) is 5.75 Å². The Bertz CT molecular complexity index is 2300. The maximum Gasteiger partial charge on any atom is 0.304 e. The second kappa shape index (κ2) is 20.7. The van der Waals surface area contributed by atoms with Crippen molar-refractivity contribution in [2.24, 2.45) is 11.8 Å². The van der Waals surface area contributed by atoms with Crippen LogP contribution in [0, 0.1) is 11.8 Å². The normalized spacial score (nSPS) is 11.7. The molecule has 0 fully saturated rings. The highest BCUT2D eigenvalue weighted by molar-refractivity contribution is 7.14. The molecule has 2 atom stereocenters. The number of aromatic nitrogens is 2. The quantitative estimate of drug-likeness (QED) is 0.0785. The van der Waals surface area contributed by atoms with E-state index in [1.807, 2.05) is 90.3 Å². The number of benzene rings is 4. The Morgan fingerprint density at radius 3 is 1.58 bits per heavy atom. The molecular weight excluding hydrogens is 831 g/mol. The Hall–Kier alpha value is -5.31. The van der Waals surface area contributed by atoms with Crippen LogP contribution < -0.4 is 15.4 Å². The molecule has 0 saturated heterocycles. The summed E-state index contributed by atoms with van der Waals surface area (Å²) in [6.45, 7) is 0. The van der Waals surface area contributed by atoms with Crippen molar-refractivity contribution in [3.05, 3.63) is 134 Å². The van der Waals surface area contributed by atoms with Crippen molar-refractivity contribution in [1.82, 2.24) is 9.97 Å². The molecule has 0 radical (unpaired) electrons. The lowest BCUT2D eigenvalue weighted by Crippen LogP contribution is -2.27. The molecule has 0 saturated carbocycles. The van der Waals surface area contributed by atoms with Crippen molar-refractivity contribution in [3.63, 3.8) is 0 Å². The lowest BCUT2D eigenvalue weighted by molar-refractivity contribution is -0.140. The maximum atomic E-state index is 12.7. The number of anilines is 2. The first kappa shape index (κ1) is 42.8. The van der Waals surface area contributed by atoms with Crippen LogP contribution in [0.25, 0.3) is 22.5 Å². The number of nitrogens with zero attached hydrogens (tertiary/aromatic N) is 2.